The fourth-order valence-corrected chi connectivity index (χ4v) is 2.22. The Balaban J connectivity index is 1.74. The summed E-state index contributed by atoms with van der Waals surface area (Å²) in [6, 6.07) is 11.0. The first-order valence-electron chi connectivity index (χ1n) is 7.51. The van der Waals surface area contributed by atoms with Gasteiger partial charge in [-0.05, 0) is 42.3 Å². The average Bonchev–Trinajstić information content (AvgIpc) is 2.62. The predicted molar refractivity (Wildman–Crippen MR) is 91.4 cm³/mol. The number of hydrogen-bond donors (Lipinski definition) is 1. The lowest BCUT2D eigenvalue weighted by atomic mass is 10.1. The van der Waals surface area contributed by atoms with Crippen LogP contribution >= 0.6 is 11.6 Å². The van der Waals surface area contributed by atoms with Gasteiger partial charge in [-0.3, -0.25) is 4.79 Å². The summed E-state index contributed by atoms with van der Waals surface area (Å²) in [7, 11) is 1.59. The highest BCUT2D eigenvalue weighted by Crippen LogP contribution is 2.15. The highest BCUT2D eigenvalue weighted by molar-refractivity contribution is 6.30. The van der Waals surface area contributed by atoms with Gasteiger partial charge in [0.15, 0.2) is 6.61 Å². The van der Waals surface area contributed by atoms with Crippen molar-refractivity contribution in [1.82, 2.24) is 5.32 Å². The van der Waals surface area contributed by atoms with E-state index in [1.807, 2.05) is 24.3 Å². The molecule has 7 heteroatoms. The fourth-order valence-electron chi connectivity index (χ4n) is 2.05. The van der Waals surface area contributed by atoms with Crippen LogP contribution in [0.2, 0.25) is 5.02 Å². The van der Waals surface area contributed by atoms with Crippen molar-refractivity contribution in [2.75, 3.05) is 20.3 Å². The van der Waals surface area contributed by atoms with Gasteiger partial charge in [-0.2, -0.15) is 0 Å². The maximum Gasteiger partial charge on any atom is 0.341 e. The SMILES string of the molecule is COc1ccc(CCNC(=O)COC(=O)c2cc(Cl)ccc2F)cc1. The van der Waals surface area contributed by atoms with Gasteiger partial charge in [0.1, 0.15) is 11.6 Å². The van der Waals surface area contributed by atoms with E-state index in [0.717, 1.165) is 23.4 Å². The minimum Gasteiger partial charge on any atom is -0.497 e. The number of carbonyl (C=O) groups is 2. The number of methoxy groups -OCH3 is 1. The Labute approximate surface area is 149 Å². The number of esters is 1. The molecule has 132 valence electrons. The Kier molecular flexibility index (Phi) is 6.77. The van der Waals surface area contributed by atoms with Gasteiger partial charge in [0.25, 0.3) is 5.91 Å². The molecule has 0 aromatic heterocycles. The van der Waals surface area contributed by atoms with Crippen LogP contribution in [-0.4, -0.2) is 32.1 Å². The van der Waals surface area contributed by atoms with E-state index in [2.05, 4.69) is 5.32 Å². The second kappa shape index (κ2) is 9.03. The number of hydrogen-bond acceptors (Lipinski definition) is 4. The van der Waals surface area contributed by atoms with Gasteiger partial charge >= 0.3 is 5.97 Å². The molecule has 0 spiro atoms. The minimum absolute atomic E-state index is 0.206. The Bertz CT molecular complexity index is 749. The second-order valence-corrected chi connectivity index (χ2v) is 5.58. The molecule has 1 N–H and O–H groups in total. The van der Waals surface area contributed by atoms with Crippen LogP contribution in [-0.2, 0) is 16.0 Å². The van der Waals surface area contributed by atoms with Crippen LogP contribution < -0.4 is 10.1 Å². The van der Waals surface area contributed by atoms with E-state index in [0.29, 0.717) is 13.0 Å². The Morgan fingerprint density at radius 3 is 2.56 bits per heavy atom. The Morgan fingerprint density at radius 2 is 1.88 bits per heavy atom. The average molecular weight is 366 g/mol. The maximum absolute atomic E-state index is 13.5. The molecule has 0 aliphatic carbocycles. The van der Waals surface area contributed by atoms with E-state index in [1.54, 1.807) is 7.11 Å². The van der Waals surface area contributed by atoms with E-state index < -0.39 is 24.3 Å². The number of rotatable bonds is 7. The molecule has 25 heavy (non-hydrogen) atoms. The van der Waals surface area contributed by atoms with Crippen molar-refractivity contribution < 1.29 is 23.5 Å². The van der Waals surface area contributed by atoms with E-state index >= 15 is 0 Å². The van der Waals surface area contributed by atoms with E-state index in [9.17, 15) is 14.0 Å². The van der Waals surface area contributed by atoms with Gasteiger partial charge in [-0.1, -0.05) is 23.7 Å². The third kappa shape index (κ3) is 5.76. The third-order valence-electron chi connectivity index (χ3n) is 3.38. The highest BCUT2D eigenvalue weighted by atomic mass is 35.5. The maximum atomic E-state index is 13.5. The predicted octanol–water partition coefficient (Wildman–Crippen LogP) is 3.00. The standard InChI is InChI=1S/C18H17ClFNO4/c1-24-14-5-2-12(3-6-14)8-9-21-17(22)11-25-18(23)15-10-13(19)4-7-16(15)20/h2-7,10H,8-9,11H2,1H3,(H,21,22). The van der Waals surface area contributed by atoms with Crippen LogP contribution in [0.5, 0.6) is 5.75 Å². The van der Waals surface area contributed by atoms with Gasteiger partial charge in [-0.25, -0.2) is 9.18 Å². The number of nitrogens with one attached hydrogen (secondary N) is 1. The molecule has 0 aliphatic heterocycles. The first-order valence-corrected chi connectivity index (χ1v) is 7.89. The van der Waals surface area contributed by atoms with Crippen molar-refractivity contribution in [2.24, 2.45) is 0 Å². The second-order valence-electron chi connectivity index (χ2n) is 5.15. The molecule has 2 rings (SSSR count). The summed E-state index contributed by atoms with van der Waals surface area (Å²) < 4.78 is 23.4. The number of amides is 1. The van der Waals surface area contributed by atoms with Gasteiger partial charge in [0.05, 0.1) is 12.7 Å². The van der Waals surface area contributed by atoms with Crippen molar-refractivity contribution in [3.05, 3.63) is 64.4 Å². The van der Waals surface area contributed by atoms with Gasteiger partial charge < -0.3 is 14.8 Å². The molecule has 0 saturated carbocycles. The smallest absolute Gasteiger partial charge is 0.341 e. The van der Waals surface area contributed by atoms with E-state index in [1.165, 1.54) is 6.07 Å². The monoisotopic (exact) mass is 365 g/mol. The minimum atomic E-state index is -0.940. The van der Waals surface area contributed by atoms with Crippen molar-refractivity contribution in [3.63, 3.8) is 0 Å². The summed E-state index contributed by atoms with van der Waals surface area (Å²) in [6.07, 6.45) is 0.618. The first-order chi connectivity index (χ1) is 12.0. The van der Waals surface area contributed by atoms with Crippen molar-refractivity contribution in [2.45, 2.75) is 6.42 Å². The van der Waals surface area contributed by atoms with Gasteiger partial charge in [0, 0.05) is 11.6 Å². The molecule has 0 heterocycles. The van der Waals surface area contributed by atoms with Crippen molar-refractivity contribution >= 4 is 23.5 Å². The summed E-state index contributed by atoms with van der Waals surface area (Å²) in [6.45, 7) is -0.109. The van der Waals surface area contributed by atoms with Gasteiger partial charge in [-0.15, -0.1) is 0 Å². The van der Waals surface area contributed by atoms with Crippen molar-refractivity contribution in [1.29, 1.82) is 0 Å². The highest BCUT2D eigenvalue weighted by Gasteiger charge is 2.15. The normalized spacial score (nSPS) is 10.2. The van der Waals surface area contributed by atoms with Crippen molar-refractivity contribution in [3.8, 4) is 5.75 Å². The molecule has 1 amide bonds. The summed E-state index contributed by atoms with van der Waals surface area (Å²) in [5, 5.41) is 2.83. The topological polar surface area (TPSA) is 64.6 Å². The fraction of sp³-hybridized carbons (Fsp3) is 0.222. The quantitative estimate of drug-likeness (QED) is 0.766. The lowest BCUT2D eigenvalue weighted by Crippen LogP contribution is -2.30. The molecule has 0 fully saturated rings. The molecule has 0 unspecified atom stereocenters. The molecule has 0 bridgehead atoms. The van der Waals surface area contributed by atoms with Crippen LogP contribution in [0.4, 0.5) is 4.39 Å². The molecule has 0 saturated heterocycles. The molecular formula is C18H17ClFNO4. The lowest BCUT2D eigenvalue weighted by Gasteiger charge is -2.08. The first kappa shape index (κ1) is 18.7. The van der Waals surface area contributed by atoms with E-state index in [4.69, 9.17) is 21.1 Å². The number of carbonyl (C=O) groups excluding carboxylic acids is 2. The van der Waals surface area contributed by atoms with Crippen LogP contribution in [0, 0.1) is 5.82 Å². The number of halogens is 2. The number of ether oxygens (including phenoxy) is 2. The summed E-state index contributed by atoms with van der Waals surface area (Å²) >= 11 is 5.71. The zero-order valence-electron chi connectivity index (χ0n) is 13.6. The summed E-state index contributed by atoms with van der Waals surface area (Å²) in [5.74, 6) is -1.41. The van der Waals surface area contributed by atoms with Crippen LogP contribution in [0.3, 0.4) is 0 Å². The van der Waals surface area contributed by atoms with E-state index in [-0.39, 0.29) is 10.6 Å². The molecule has 2 aromatic carbocycles. The molecule has 2 aromatic rings. The third-order valence-corrected chi connectivity index (χ3v) is 3.61. The molecule has 0 aliphatic rings. The van der Waals surface area contributed by atoms with Gasteiger partial charge in [0.2, 0.25) is 0 Å². The zero-order chi connectivity index (χ0) is 18.2. The number of benzene rings is 2. The lowest BCUT2D eigenvalue weighted by molar-refractivity contribution is -0.124. The molecule has 0 radical (unpaired) electrons. The van der Waals surface area contributed by atoms with Crippen LogP contribution in [0.1, 0.15) is 15.9 Å². The Hall–Kier alpha value is -2.60. The summed E-state index contributed by atoms with van der Waals surface area (Å²) in [5.41, 5.74) is 0.720. The van der Waals surface area contributed by atoms with Crippen LogP contribution in [0.15, 0.2) is 42.5 Å². The molecule has 5 nitrogen and oxygen atoms in total. The summed E-state index contributed by atoms with van der Waals surface area (Å²) in [4.78, 5) is 23.5. The molecular weight excluding hydrogens is 349 g/mol. The largest absolute Gasteiger partial charge is 0.497 e. The van der Waals surface area contributed by atoms with Crippen LogP contribution in [0.25, 0.3) is 0 Å². The zero-order valence-corrected chi connectivity index (χ0v) is 14.3. The molecule has 0 atom stereocenters. The Morgan fingerprint density at radius 1 is 1.16 bits per heavy atom.